The quantitative estimate of drug-likeness (QED) is 0.609. The van der Waals surface area contributed by atoms with Crippen molar-refractivity contribution in [2.45, 2.75) is 19.8 Å². The Kier molecular flexibility index (Phi) is 2.54. The molecule has 2 fully saturated rings. The first-order valence-electron chi connectivity index (χ1n) is 5.17. The number of hydrogen-bond acceptors (Lipinski definition) is 3. The summed E-state index contributed by atoms with van der Waals surface area (Å²) in [5.74, 6) is 1.33. The Labute approximate surface area is 79.0 Å². The van der Waals surface area contributed by atoms with Gasteiger partial charge in [-0.05, 0) is 31.7 Å². The molecule has 0 radical (unpaired) electrons. The number of piperidine rings is 1. The number of ether oxygens (including phenoxy) is 1. The molecule has 0 aromatic rings. The molecule has 3 nitrogen and oxygen atoms in total. The van der Waals surface area contributed by atoms with Crippen LogP contribution in [-0.2, 0) is 9.53 Å². The summed E-state index contributed by atoms with van der Waals surface area (Å²) in [4.78, 5) is 13.7. The molecule has 2 unspecified atom stereocenters. The Hall–Kier alpha value is -0.570. The average molecular weight is 183 g/mol. The van der Waals surface area contributed by atoms with E-state index < -0.39 is 0 Å². The van der Waals surface area contributed by atoms with Gasteiger partial charge in [0.05, 0.1) is 6.61 Å². The Morgan fingerprint density at radius 1 is 1.54 bits per heavy atom. The van der Waals surface area contributed by atoms with Crippen molar-refractivity contribution in [2.75, 3.05) is 26.2 Å². The van der Waals surface area contributed by atoms with Gasteiger partial charge in [0.15, 0.2) is 0 Å². The minimum absolute atomic E-state index is 0.0127. The maximum Gasteiger partial charge on any atom is 0.306 e. The van der Waals surface area contributed by atoms with Gasteiger partial charge in [0.2, 0.25) is 0 Å². The molecule has 0 amide bonds. The van der Waals surface area contributed by atoms with Crippen LogP contribution in [-0.4, -0.2) is 37.1 Å². The third-order valence-electron chi connectivity index (χ3n) is 3.20. The molecule has 0 aromatic heterocycles. The molecular formula is C10H17NO2. The van der Waals surface area contributed by atoms with Gasteiger partial charge in [-0.15, -0.1) is 0 Å². The lowest BCUT2D eigenvalue weighted by Crippen LogP contribution is -2.25. The summed E-state index contributed by atoms with van der Waals surface area (Å²) >= 11 is 0. The minimum atomic E-state index is -0.0127. The first-order chi connectivity index (χ1) is 6.29. The number of carbonyl (C=O) groups is 1. The van der Waals surface area contributed by atoms with Crippen molar-refractivity contribution in [3.63, 3.8) is 0 Å². The molecule has 0 aromatic carbocycles. The van der Waals surface area contributed by atoms with Crippen molar-refractivity contribution >= 4 is 5.97 Å². The van der Waals surface area contributed by atoms with Crippen molar-refractivity contribution in [3.05, 3.63) is 0 Å². The normalized spacial score (nSPS) is 36.5. The second kappa shape index (κ2) is 3.66. The monoisotopic (exact) mass is 183 g/mol. The lowest BCUT2D eigenvalue weighted by Gasteiger charge is -2.20. The molecule has 0 N–H and O–H groups in total. The maximum atomic E-state index is 11.2. The highest BCUT2D eigenvalue weighted by atomic mass is 16.5. The van der Waals surface area contributed by atoms with E-state index in [1.165, 1.54) is 19.5 Å². The van der Waals surface area contributed by atoms with Gasteiger partial charge in [-0.3, -0.25) is 4.79 Å². The van der Waals surface area contributed by atoms with Crippen molar-refractivity contribution in [2.24, 2.45) is 11.8 Å². The van der Waals surface area contributed by atoms with E-state index in [1.54, 1.807) is 0 Å². The Morgan fingerprint density at radius 2 is 2.38 bits per heavy atom. The van der Waals surface area contributed by atoms with Gasteiger partial charge in [0.1, 0.15) is 0 Å². The van der Waals surface area contributed by atoms with E-state index in [2.05, 4.69) is 4.90 Å². The highest BCUT2D eigenvalue weighted by Crippen LogP contribution is 2.34. The number of rotatable bonds is 3. The summed E-state index contributed by atoms with van der Waals surface area (Å²) < 4.78 is 4.95. The second-order valence-electron chi connectivity index (χ2n) is 4.08. The lowest BCUT2D eigenvalue weighted by atomic mass is 9.90. The van der Waals surface area contributed by atoms with Gasteiger partial charge in [0.25, 0.3) is 0 Å². The summed E-state index contributed by atoms with van der Waals surface area (Å²) in [6.07, 6.45) is 1.92. The third-order valence-corrected chi connectivity index (χ3v) is 3.20. The number of fused-ring (bicyclic) bond motifs is 2. The molecule has 3 heteroatoms. The number of nitrogens with zero attached hydrogens (tertiary/aromatic N) is 1. The summed E-state index contributed by atoms with van der Waals surface area (Å²) in [5, 5.41) is 0. The van der Waals surface area contributed by atoms with Gasteiger partial charge in [-0.25, -0.2) is 0 Å². The van der Waals surface area contributed by atoms with E-state index >= 15 is 0 Å². The van der Waals surface area contributed by atoms with Gasteiger partial charge in [0, 0.05) is 19.5 Å². The van der Waals surface area contributed by atoms with Crippen molar-refractivity contribution in [3.8, 4) is 0 Å². The molecule has 2 bridgehead atoms. The SMILES string of the molecule is CCOC(=O)C[C@@H]1CN2CCC1C2. The average Bonchev–Trinajstić information content (AvgIpc) is 2.65. The molecule has 2 rings (SSSR count). The zero-order chi connectivity index (χ0) is 9.26. The first kappa shape index (κ1) is 9.00. The second-order valence-corrected chi connectivity index (χ2v) is 4.08. The lowest BCUT2D eigenvalue weighted by molar-refractivity contribution is -0.144. The van der Waals surface area contributed by atoms with E-state index in [-0.39, 0.29) is 5.97 Å². The summed E-state index contributed by atoms with van der Waals surface area (Å²) in [6, 6.07) is 0. The fraction of sp³-hybridized carbons (Fsp3) is 0.900. The van der Waals surface area contributed by atoms with Crippen LogP contribution >= 0.6 is 0 Å². The summed E-state index contributed by atoms with van der Waals surface area (Å²) in [5.41, 5.74) is 0. The topological polar surface area (TPSA) is 29.5 Å². The summed E-state index contributed by atoms with van der Waals surface area (Å²) in [6.45, 7) is 5.94. The van der Waals surface area contributed by atoms with E-state index in [4.69, 9.17) is 4.74 Å². The van der Waals surface area contributed by atoms with Crippen LogP contribution in [0.1, 0.15) is 19.8 Å². The van der Waals surface area contributed by atoms with Gasteiger partial charge in [-0.1, -0.05) is 0 Å². The molecule has 2 saturated heterocycles. The van der Waals surface area contributed by atoms with E-state index in [1.807, 2.05) is 6.92 Å². The highest BCUT2D eigenvalue weighted by Gasteiger charge is 2.38. The van der Waals surface area contributed by atoms with Crippen LogP contribution in [0.3, 0.4) is 0 Å². The van der Waals surface area contributed by atoms with E-state index in [0.717, 1.165) is 12.5 Å². The predicted molar refractivity (Wildman–Crippen MR) is 49.3 cm³/mol. The molecule has 13 heavy (non-hydrogen) atoms. The molecule has 0 aliphatic carbocycles. The Morgan fingerprint density at radius 3 is 2.92 bits per heavy atom. The zero-order valence-electron chi connectivity index (χ0n) is 8.16. The first-order valence-corrected chi connectivity index (χ1v) is 5.17. The van der Waals surface area contributed by atoms with Crippen LogP contribution in [0.25, 0.3) is 0 Å². The van der Waals surface area contributed by atoms with Crippen molar-refractivity contribution in [1.29, 1.82) is 0 Å². The number of carbonyl (C=O) groups excluding carboxylic acids is 1. The van der Waals surface area contributed by atoms with Gasteiger partial charge >= 0.3 is 5.97 Å². The molecule has 2 heterocycles. The van der Waals surface area contributed by atoms with E-state index in [9.17, 15) is 4.79 Å². The van der Waals surface area contributed by atoms with Crippen LogP contribution < -0.4 is 0 Å². The molecule has 3 atom stereocenters. The Balaban J connectivity index is 1.79. The summed E-state index contributed by atoms with van der Waals surface area (Å²) in [7, 11) is 0. The largest absolute Gasteiger partial charge is 0.466 e. The van der Waals surface area contributed by atoms with Crippen LogP contribution in [0.2, 0.25) is 0 Å². The Bertz CT molecular complexity index is 205. The van der Waals surface area contributed by atoms with Gasteiger partial charge < -0.3 is 9.64 Å². The van der Waals surface area contributed by atoms with Gasteiger partial charge in [-0.2, -0.15) is 0 Å². The smallest absolute Gasteiger partial charge is 0.306 e. The maximum absolute atomic E-state index is 11.2. The number of esters is 1. The zero-order valence-corrected chi connectivity index (χ0v) is 8.16. The van der Waals surface area contributed by atoms with Crippen LogP contribution in [0.5, 0.6) is 0 Å². The highest BCUT2D eigenvalue weighted by molar-refractivity contribution is 5.69. The molecule has 0 saturated carbocycles. The predicted octanol–water partition coefficient (Wildman–Crippen LogP) is 0.891. The van der Waals surface area contributed by atoms with Crippen molar-refractivity contribution in [1.82, 2.24) is 4.90 Å². The molecule has 2 aliphatic rings. The van der Waals surface area contributed by atoms with Crippen LogP contribution in [0.4, 0.5) is 0 Å². The fourth-order valence-electron chi connectivity index (χ4n) is 2.56. The van der Waals surface area contributed by atoms with Crippen LogP contribution in [0, 0.1) is 11.8 Å². The van der Waals surface area contributed by atoms with E-state index in [0.29, 0.717) is 18.9 Å². The standard InChI is InChI=1S/C10H17NO2/c1-2-13-10(12)5-9-7-11-4-3-8(9)6-11/h8-9H,2-7H2,1H3/t8?,9-/m1/s1. The van der Waals surface area contributed by atoms with Crippen LogP contribution in [0.15, 0.2) is 0 Å². The molecule has 2 aliphatic heterocycles. The molecule has 74 valence electrons. The van der Waals surface area contributed by atoms with Crippen molar-refractivity contribution < 1.29 is 9.53 Å². The third kappa shape index (κ3) is 1.85. The molecular weight excluding hydrogens is 166 g/mol. The minimum Gasteiger partial charge on any atom is -0.466 e. The molecule has 0 spiro atoms. The number of hydrogen-bond donors (Lipinski definition) is 0. The fourth-order valence-corrected chi connectivity index (χ4v) is 2.56.